The van der Waals surface area contributed by atoms with Crippen LogP contribution in [0.3, 0.4) is 0 Å². The van der Waals surface area contributed by atoms with E-state index >= 15 is 0 Å². The first kappa shape index (κ1) is 18.5. The van der Waals surface area contributed by atoms with Gasteiger partial charge < -0.3 is 16.0 Å². The van der Waals surface area contributed by atoms with Crippen LogP contribution in [-0.4, -0.2) is 41.4 Å². The number of hydrogen-bond donors (Lipinski definition) is 2. The molecule has 6 nitrogen and oxygen atoms in total. The number of carbonyl (C=O) groups excluding carboxylic acids is 1. The van der Waals surface area contributed by atoms with Crippen LogP contribution in [0.5, 0.6) is 0 Å². The molecular formula is C21H23N5O. The molecule has 0 saturated heterocycles. The second-order valence-electron chi connectivity index (χ2n) is 6.72. The highest BCUT2D eigenvalue weighted by Crippen LogP contribution is 2.29. The summed E-state index contributed by atoms with van der Waals surface area (Å²) in [6.45, 7) is 2.36. The summed E-state index contributed by atoms with van der Waals surface area (Å²) in [5.74, 6) is 0.397. The molecule has 6 heteroatoms. The lowest BCUT2D eigenvalue weighted by atomic mass is 9.99. The summed E-state index contributed by atoms with van der Waals surface area (Å²) in [4.78, 5) is 22.5. The first-order valence-corrected chi connectivity index (χ1v) is 8.66. The van der Waals surface area contributed by atoms with Gasteiger partial charge in [-0.3, -0.25) is 9.78 Å². The average Bonchev–Trinajstić information content (AvgIpc) is 2.63. The van der Waals surface area contributed by atoms with Gasteiger partial charge >= 0.3 is 0 Å². The van der Waals surface area contributed by atoms with Crippen LogP contribution in [0.15, 0.2) is 54.9 Å². The van der Waals surface area contributed by atoms with Crippen molar-refractivity contribution in [2.75, 3.05) is 31.7 Å². The summed E-state index contributed by atoms with van der Waals surface area (Å²) in [5.41, 5.74) is 11.6. The molecule has 27 heavy (non-hydrogen) atoms. The fourth-order valence-corrected chi connectivity index (χ4v) is 2.83. The van der Waals surface area contributed by atoms with Gasteiger partial charge in [0.05, 0.1) is 12.2 Å². The standard InChI is InChI=1S/C21H23N5O/c1-14-4-5-17(22)12-18(14)15-6-8-23-19(10-15)16-7-9-24-20(11-16)25-21(27)13-26(2)3/h4-12H,13,22H2,1-3H3,(H,24,25,27). The molecule has 0 aliphatic carbocycles. The number of hydrogen-bond acceptors (Lipinski definition) is 5. The van der Waals surface area contributed by atoms with E-state index in [1.807, 2.05) is 56.6 Å². The van der Waals surface area contributed by atoms with Gasteiger partial charge in [-0.2, -0.15) is 0 Å². The summed E-state index contributed by atoms with van der Waals surface area (Å²) < 4.78 is 0. The van der Waals surface area contributed by atoms with Gasteiger partial charge in [-0.05, 0) is 74.1 Å². The topological polar surface area (TPSA) is 84.1 Å². The maximum atomic E-state index is 12.0. The zero-order valence-electron chi connectivity index (χ0n) is 15.7. The van der Waals surface area contributed by atoms with Gasteiger partial charge in [-0.1, -0.05) is 6.07 Å². The number of nitrogens with zero attached hydrogens (tertiary/aromatic N) is 3. The third-order valence-electron chi connectivity index (χ3n) is 4.12. The highest BCUT2D eigenvalue weighted by atomic mass is 16.2. The summed E-state index contributed by atoms with van der Waals surface area (Å²) in [7, 11) is 3.69. The van der Waals surface area contributed by atoms with Crippen molar-refractivity contribution in [2.45, 2.75) is 6.92 Å². The van der Waals surface area contributed by atoms with Gasteiger partial charge in [0, 0.05) is 23.6 Å². The lowest BCUT2D eigenvalue weighted by Gasteiger charge is -2.11. The van der Waals surface area contributed by atoms with Gasteiger partial charge in [0.25, 0.3) is 0 Å². The summed E-state index contributed by atoms with van der Waals surface area (Å²) >= 11 is 0. The Labute approximate surface area is 159 Å². The van der Waals surface area contributed by atoms with Crippen LogP contribution in [-0.2, 0) is 4.79 Å². The van der Waals surface area contributed by atoms with E-state index in [4.69, 9.17) is 5.73 Å². The van der Waals surface area contributed by atoms with Crippen molar-refractivity contribution in [3.8, 4) is 22.4 Å². The smallest absolute Gasteiger partial charge is 0.239 e. The molecular weight excluding hydrogens is 338 g/mol. The van der Waals surface area contributed by atoms with Crippen LogP contribution in [0.25, 0.3) is 22.4 Å². The van der Waals surface area contributed by atoms with E-state index in [0.717, 1.165) is 33.6 Å². The molecule has 138 valence electrons. The van der Waals surface area contributed by atoms with Crippen molar-refractivity contribution in [2.24, 2.45) is 0 Å². The molecule has 2 heterocycles. The molecule has 2 aromatic heterocycles. The number of aryl methyl sites for hydroxylation is 1. The molecule has 0 fully saturated rings. The van der Waals surface area contributed by atoms with E-state index in [0.29, 0.717) is 12.4 Å². The second kappa shape index (κ2) is 7.97. The van der Waals surface area contributed by atoms with Gasteiger partial charge in [0.15, 0.2) is 0 Å². The monoisotopic (exact) mass is 361 g/mol. The molecule has 0 aliphatic heterocycles. The fraction of sp³-hybridized carbons (Fsp3) is 0.190. The lowest BCUT2D eigenvalue weighted by Crippen LogP contribution is -2.27. The number of pyridine rings is 2. The minimum absolute atomic E-state index is 0.109. The Balaban J connectivity index is 1.90. The number of aromatic nitrogens is 2. The molecule has 0 unspecified atom stereocenters. The fourth-order valence-electron chi connectivity index (χ4n) is 2.83. The Morgan fingerprint density at radius 1 is 1.04 bits per heavy atom. The third-order valence-corrected chi connectivity index (χ3v) is 4.12. The molecule has 1 aromatic carbocycles. The van der Waals surface area contributed by atoms with Crippen LogP contribution in [0.1, 0.15) is 5.56 Å². The molecule has 1 amide bonds. The molecule has 0 saturated carbocycles. The normalized spacial score (nSPS) is 10.8. The van der Waals surface area contributed by atoms with Gasteiger partial charge in [-0.15, -0.1) is 0 Å². The van der Waals surface area contributed by atoms with E-state index in [1.165, 1.54) is 0 Å². The van der Waals surface area contributed by atoms with Crippen molar-refractivity contribution in [3.05, 3.63) is 60.4 Å². The van der Waals surface area contributed by atoms with E-state index in [1.54, 1.807) is 17.3 Å². The maximum Gasteiger partial charge on any atom is 0.239 e. The SMILES string of the molecule is Cc1ccc(N)cc1-c1ccnc(-c2ccnc(NC(=O)CN(C)C)c2)c1. The summed E-state index contributed by atoms with van der Waals surface area (Å²) in [6, 6.07) is 13.6. The Bertz CT molecular complexity index is 968. The van der Waals surface area contributed by atoms with E-state index < -0.39 is 0 Å². The van der Waals surface area contributed by atoms with Crippen molar-refractivity contribution in [1.82, 2.24) is 14.9 Å². The van der Waals surface area contributed by atoms with Crippen molar-refractivity contribution < 1.29 is 4.79 Å². The minimum Gasteiger partial charge on any atom is -0.399 e. The van der Waals surface area contributed by atoms with Crippen LogP contribution < -0.4 is 11.1 Å². The zero-order valence-corrected chi connectivity index (χ0v) is 15.7. The van der Waals surface area contributed by atoms with Crippen molar-refractivity contribution in [1.29, 1.82) is 0 Å². The predicted octanol–water partition coefficient (Wildman–Crippen LogP) is 3.20. The number of nitrogens with two attached hydrogens (primary N) is 1. The molecule has 0 spiro atoms. The molecule has 0 atom stereocenters. The first-order valence-electron chi connectivity index (χ1n) is 8.66. The highest BCUT2D eigenvalue weighted by molar-refractivity contribution is 5.91. The van der Waals surface area contributed by atoms with Crippen LogP contribution in [0, 0.1) is 6.92 Å². The molecule has 3 aromatic rings. The van der Waals surface area contributed by atoms with Crippen LogP contribution >= 0.6 is 0 Å². The number of benzene rings is 1. The second-order valence-corrected chi connectivity index (χ2v) is 6.72. The number of nitrogens with one attached hydrogen (secondary N) is 1. The number of nitrogen functional groups attached to an aromatic ring is 1. The Morgan fingerprint density at radius 2 is 1.78 bits per heavy atom. The predicted molar refractivity (Wildman–Crippen MR) is 109 cm³/mol. The zero-order chi connectivity index (χ0) is 19.4. The third kappa shape index (κ3) is 4.68. The quantitative estimate of drug-likeness (QED) is 0.682. The molecule has 0 radical (unpaired) electrons. The molecule has 3 rings (SSSR count). The number of likely N-dealkylation sites (N-methyl/N-ethyl adjacent to an activating group) is 1. The maximum absolute atomic E-state index is 12.0. The minimum atomic E-state index is -0.109. The molecule has 3 N–H and O–H groups in total. The summed E-state index contributed by atoms with van der Waals surface area (Å²) in [6.07, 6.45) is 3.44. The molecule has 0 aliphatic rings. The van der Waals surface area contributed by atoms with E-state index in [-0.39, 0.29) is 5.91 Å². The van der Waals surface area contributed by atoms with Crippen LogP contribution in [0.2, 0.25) is 0 Å². The molecule has 0 bridgehead atoms. The Morgan fingerprint density at radius 3 is 2.56 bits per heavy atom. The average molecular weight is 361 g/mol. The van der Waals surface area contributed by atoms with Gasteiger partial charge in [-0.25, -0.2) is 4.98 Å². The van der Waals surface area contributed by atoms with Gasteiger partial charge in [0.2, 0.25) is 5.91 Å². The van der Waals surface area contributed by atoms with Crippen molar-refractivity contribution >= 4 is 17.4 Å². The summed E-state index contributed by atoms with van der Waals surface area (Å²) in [5, 5.41) is 2.81. The van der Waals surface area contributed by atoms with Gasteiger partial charge in [0.1, 0.15) is 5.82 Å². The lowest BCUT2D eigenvalue weighted by molar-refractivity contribution is -0.116. The van der Waals surface area contributed by atoms with Crippen LogP contribution in [0.4, 0.5) is 11.5 Å². The van der Waals surface area contributed by atoms with Crippen molar-refractivity contribution in [3.63, 3.8) is 0 Å². The van der Waals surface area contributed by atoms with E-state index in [2.05, 4.69) is 22.2 Å². The first-order chi connectivity index (χ1) is 12.9. The number of amides is 1. The Hall–Kier alpha value is -3.25. The number of rotatable bonds is 5. The number of carbonyl (C=O) groups is 1. The highest BCUT2D eigenvalue weighted by Gasteiger charge is 2.09. The van der Waals surface area contributed by atoms with E-state index in [9.17, 15) is 4.79 Å². The largest absolute Gasteiger partial charge is 0.399 e. The Kier molecular flexibility index (Phi) is 5.47. The number of anilines is 2.